The fourth-order valence-corrected chi connectivity index (χ4v) is 8.81. The second kappa shape index (κ2) is 8.03. The molecule has 0 radical (unpaired) electrons. The Kier molecular flexibility index (Phi) is 5.45. The van der Waals surface area contributed by atoms with Crippen LogP contribution in [0.4, 0.5) is 0 Å². The van der Waals surface area contributed by atoms with Gasteiger partial charge in [-0.1, -0.05) is 51.5 Å². The van der Waals surface area contributed by atoms with Gasteiger partial charge in [-0.05, 0) is 114 Å². The lowest BCUT2D eigenvalue weighted by atomic mass is 9.32. The Balaban J connectivity index is 1.68. The molecule has 4 bridgehead atoms. The quantitative estimate of drug-likeness (QED) is 0.409. The van der Waals surface area contributed by atoms with Gasteiger partial charge in [0.05, 0.1) is 0 Å². The predicted molar refractivity (Wildman–Crippen MR) is 136 cm³/mol. The minimum absolute atomic E-state index is 0.112. The molecule has 0 N–H and O–H groups in total. The summed E-state index contributed by atoms with van der Waals surface area (Å²) in [6.07, 6.45) is 12.3. The largest absolute Gasteiger partial charge is 0.388 e. The Morgan fingerprint density at radius 1 is 0.771 bits per heavy atom. The standard InChI is InChI=1S/C31H36N2O2/c1-6-28-13-29(21(2)3)16-30(14-28,24-7-9-26(34-19-32)22(4)11-24)18-31(15-28,17-29)25-8-10-27(35-20-33)23(5)12-25/h7-12,21H,6,13-18H2,1-5H3. The van der Waals surface area contributed by atoms with Crippen molar-refractivity contribution in [2.45, 2.75) is 90.4 Å². The number of hydrogen-bond acceptors (Lipinski definition) is 4. The summed E-state index contributed by atoms with van der Waals surface area (Å²) in [7, 11) is 0. The van der Waals surface area contributed by atoms with Crippen LogP contribution in [0.15, 0.2) is 36.4 Å². The lowest BCUT2D eigenvalue weighted by molar-refractivity contribution is -0.161. The molecule has 35 heavy (non-hydrogen) atoms. The topological polar surface area (TPSA) is 66.0 Å². The minimum Gasteiger partial charge on any atom is -0.388 e. The molecule has 4 nitrogen and oxygen atoms in total. The van der Waals surface area contributed by atoms with Gasteiger partial charge >= 0.3 is 0 Å². The highest BCUT2D eigenvalue weighted by Gasteiger charge is 2.68. The van der Waals surface area contributed by atoms with Crippen LogP contribution < -0.4 is 9.47 Å². The molecule has 0 aliphatic heterocycles. The van der Waals surface area contributed by atoms with Gasteiger partial charge in [0, 0.05) is 0 Å². The van der Waals surface area contributed by atoms with Crippen molar-refractivity contribution in [1.82, 2.24) is 0 Å². The van der Waals surface area contributed by atoms with Gasteiger partial charge in [-0.15, -0.1) is 10.5 Å². The van der Waals surface area contributed by atoms with E-state index in [0.29, 0.717) is 28.2 Å². The third-order valence-electron chi connectivity index (χ3n) is 10.1. The molecule has 2 unspecified atom stereocenters. The molecule has 0 saturated heterocycles. The van der Waals surface area contributed by atoms with Gasteiger partial charge in [0.1, 0.15) is 11.5 Å². The van der Waals surface area contributed by atoms with Crippen molar-refractivity contribution in [1.29, 1.82) is 10.5 Å². The highest BCUT2D eigenvalue weighted by Crippen LogP contribution is 2.76. The molecule has 2 atom stereocenters. The smallest absolute Gasteiger partial charge is 0.292 e. The lowest BCUT2D eigenvalue weighted by Gasteiger charge is -2.72. The Bertz CT molecular complexity index is 1170. The van der Waals surface area contributed by atoms with Crippen LogP contribution in [0.1, 0.15) is 88.0 Å². The summed E-state index contributed by atoms with van der Waals surface area (Å²) in [5.74, 6) is 1.92. The number of hydrogen-bond donors (Lipinski definition) is 0. The van der Waals surface area contributed by atoms with Gasteiger partial charge in [-0.2, -0.15) is 0 Å². The molecule has 4 heteroatoms. The van der Waals surface area contributed by atoms with E-state index in [4.69, 9.17) is 20.0 Å². The van der Waals surface area contributed by atoms with Gasteiger partial charge < -0.3 is 9.47 Å². The normalized spacial score (nSPS) is 32.8. The summed E-state index contributed by atoms with van der Waals surface area (Å²) in [4.78, 5) is 0. The van der Waals surface area contributed by atoms with Crippen LogP contribution in [0.25, 0.3) is 0 Å². The van der Waals surface area contributed by atoms with E-state index >= 15 is 0 Å². The van der Waals surface area contributed by atoms with Crippen LogP contribution in [0, 0.1) is 53.6 Å². The first-order valence-electron chi connectivity index (χ1n) is 13.0. The molecular weight excluding hydrogens is 432 g/mol. The zero-order chi connectivity index (χ0) is 25.1. The van der Waals surface area contributed by atoms with Crippen molar-refractivity contribution in [3.05, 3.63) is 58.7 Å². The van der Waals surface area contributed by atoms with Gasteiger partial charge in [-0.25, -0.2) is 0 Å². The molecule has 4 fully saturated rings. The monoisotopic (exact) mass is 468 g/mol. The molecule has 2 aromatic carbocycles. The second-order valence-corrected chi connectivity index (χ2v) is 12.3. The highest BCUT2D eigenvalue weighted by molar-refractivity contribution is 5.47. The van der Waals surface area contributed by atoms with Gasteiger partial charge in [-0.3, -0.25) is 0 Å². The number of ether oxygens (including phenoxy) is 2. The third-order valence-corrected chi connectivity index (χ3v) is 10.1. The number of rotatable bonds is 6. The van der Waals surface area contributed by atoms with Crippen LogP contribution in [-0.4, -0.2) is 0 Å². The van der Waals surface area contributed by atoms with E-state index in [0.717, 1.165) is 17.5 Å². The van der Waals surface area contributed by atoms with Crippen molar-refractivity contribution in [2.75, 3.05) is 0 Å². The highest BCUT2D eigenvalue weighted by atomic mass is 16.5. The zero-order valence-corrected chi connectivity index (χ0v) is 21.7. The van der Waals surface area contributed by atoms with E-state index in [2.05, 4.69) is 58.9 Å². The third kappa shape index (κ3) is 3.53. The van der Waals surface area contributed by atoms with Crippen molar-refractivity contribution < 1.29 is 9.47 Å². The molecule has 2 aromatic rings. The van der Waals surface area contributed by atoms with E-state index in [1.54, 1.807) is 0 Å². The van der Waals surface area contributed by atoms with E-state index in [1.807, 2.05) is 24.6 Å². The predicted octanol–water partition coefficient (Wildman–Crippen LogP) is 7.62. The summed E-state index contributed by atoms with van der Waals surface area (Å²) >= 11 is 0. The van der Waals surface area contributed by atoms with E-state index in [-0.39, 0.29) is 10.8 Å². The summed E-state index contributed by atoms with van der Waals surface area (Å²) < 4.78 is 10.4. The summed E-state index contributed by atoms with van der Waals surface area (Å²) in [5, 5.41) is 18.1. The maximum atomic E-state index is 9.04. The van der Waals surface area contributed by atoms with Crippen LogP contribution in [-0.2, 0) is 10.8 Å². The van der Waals surface area contributed by atoms with Crippen LogP contribution in [0.5, 0.6) is 11.5 Å². The molecular formula is C31H36N2O2. The Hall–Kier alpha value is -2.98. The average Bonchev–Trinajstić information content (AvgIpc) is 2.81. The number of benzene rings is 2. The molecule has 182 valence electrons. The van der Waals surface area contributed by atoms with Crippen molar-refractivity contribution >= 4 is 0 Å². The maximum absolute atomic E-state index is 9.04. The number of nitriles is 2. The van der Waals surface area contributed by atoms with Gasteiger partial charge in [0.15, 0.2) is 0 Å². The molecule has 0 aromatic heterocycles. The Morgan fingerprint density at radius 3 is 1.63 bits per heavy atom. The molecule has 4 aliphatic rings. The SMILES string of the molecule is CCC12CC3(c4ccc(OC#N)c(C)c4)CC(c4ccc(OC#N)c(C)c4)(C1)CC(C(C)C)(C2)C3. The van der Waals surface area contributed by atoms with E-state index in [9.17, 15) is 0 Å². The van der Waals surface area contributed by atoms with Gasteiger partial charge in [0.25, 0.3) is 12.5 Å². The first kappa shape index (κ1) is 23.7. The van der Waals surface area contributed by atoms with Crippen molar-refractivity contribution in [3.8, 4) is 24.0 Å². The fourth-order valence-electron chi connectivity index (χ4n) is 8.81. The van der Waals surface area contributed by atoms with Crippen molar-refractivity contribution in [3.63, 3.8) is 0 Å². The molecule has 0 amide bonds. The number of nitrogens with zero attached hydrogens (tertiary/aromatic N) is 2. The summed E-state index contributed by atoms with van der Waals surface area (Å²) in [5.41, 5.74) is 5.74. The number of aryl methyl sites for hydroxylation is 2. The summed E-state index contributed by atoms with van der Waals surface area (Å²) in [6.45, 7) is 11.4. The van der Waals surface area contributed by atoms with Crippen LogP contribution >= 0.6 is 0 Å². The molecule has 4 aliphatic carbocycles. The molecule has 0 heterocycles. The molecule has 6 rings (SSSR count). The van der Waals surface area contributed by atoms with Crippen LogP contribution in [0.2, 0.25) is 0 Å². The minimum atomic E-state index is 0.112. The van der Waals surface area contributed by atoms with E-state index in [1.165, 1.54) is 49.7 Å². The summed E-state index contributed by atoms with van der Waals surface area (Å²) in [6, 6.07) is 13.0. The maximum Gasteiger partial charge on any atom is 0.292 e. The molecule has 0 spiro atoms. The first-order chi connectivity index (χ1) is 16.6. The van der Waals surface area contributed by atoms with Crippen LogP contribution in [0.3, 0.4) is 0 Å². The van der Waals surface area contributed by atoms with E-state index < -0.39 is 0 Å². The Morgan fingerprint density at radius 2 is 1.26 bits per heavy atom. The molecule has 4 saturated carbocycles. The Labute approximate surface area is 209 Å². The first-order valence-corrected chi connectivity index (χ1v) is 13.0. The van der Waals surface area contributed by atoms with Crippen molar-refractivity contribution in [2.24, 2.45) is 16.7 Å². The second-order valence-electron chi connectivity index (χ2n) is 12.3. The average molecular weight is 469 g/mol. The zero-order valence-electron chi connectivity index (χ0n) is 21.7. The lowest BCUT2D eigenvalue weighted by Crippen LogP contribution is -2.65. The fraction of sp³-hybridized carbons (Fsp3) is 0.548. The van der Waals surface area contributed by atoms with Gasteiger partial charge in [0.2, 0.25) is 0 Å².